The molecule has 0 aliphatic heterocycles. The van der Waals surface area contributed by atoms with E-state index in [1.54, 1.807) is 20.1 Å². The Kier molecular flexibility index (Phi) is 4.24. The Morgan fingerprint density at radius 1 is 1.47 bits per heavy atom. The molecule has 5 nitrogen and oxygen atoms in total. The molecule has 1 unspecified atom stereocenters. The minimum Gasteiger partial charge on any atom is -0.383 e. The number of nitrogens with zero attached hydrogens (tertiary/aromatic N) is 2. The number of benzene rings is 1. The zero-order chi connectivity index (χ0) is 13.8. The zero-order valence-corrected chi connectivity index (χ0v) is 10.9. The number of aromatic nitrogens is 2. The third-order valence-corrected chi connectivity index (χ3v) is 2.71. The maximum atomic E-state index is 13.0. The van der Waals surface area contributed by atoms with Gasteiger partial charge in [0, 0.05) is 25.1 Å². The van der Waals surface area contributed by atoms with E-state index in [1.165, 1.54) is 12.1 Å². The van der Waals surface area contributed by atoms with E-state index in [2.05, 4.69) is 10.1 Å². The average molecular weight is 265 g/mol. The van der Waals surface area contributed by atoms with Crippen LogP contribution in [0.4, 0.5) is 4.39 Å². The Hall–Kier alpha value is -1.79. The summed E-state index contributed by atoms with van der Waals surface area (Å²) in [4.78, 5) is 4.26. The van der Waals surface area contributed by atoms with Gasteiger partial charge < -0.3 is 15.0 Å². The van der Waals surface area contributed by atoms with Crippen LogP contribution in [-0.2, 0) is 11.2 Å². The van der Waals surface area contributed by atoms with Gasteiger partial charge in [-0.05, 0) is 30.7 Å². The predicted octanol–water partition coefficient (Wildman–Crippen LogP) is 1.70. The van der Waals surface area contributed by atoms with Crippen LogP contribution in [0.5, 0.6) is 0 Å². The number of ether oxygens (including phenoxy) is 1. The predicted molar refractivity (Wildman–Crippen MR) is 68.0 cm³/mol. The molecule has 2 rings (SSSR count). The molecule has 6 heteroatoms. The molecule has 1 aromatic heterocycles. The highest BCUT2D eigenvalue weighted by Crippen LogP contribution is 2.21. The molecular weight excluding hydrogens is 249 g/mol. The molecule has 2 N–H and O–H groups in total. The minimum absolute atomic E-state index is 0.187. The highest BCUT2D eigenvalue weighted by atomic mass is 19.1. The second-order valence-electron chi connectivity index (χ2n) is 4.39. The summed E-state index contributed by atoms with van der Waals surface area (Å²) in [5, 5.41) is 3.89. The first kappa shape index (κ1) is 13.6. The van der Waals surface area contributed by atoms with Gasteiger partial charge in [0.2, 0.25) is 11.7 Å². The number of aryl methyl sites for hydroxylation is 1. The summed E-state index contributed by atoms with van der Waals surface area (Å²) in [7, 11) is 1.58. The van der Waals surface area contributed by atoms with Crippen molar-refractivity contribution >= 4 is 0 Å². The summed E-state index contributed by atoms with van der Waals surface area (Å²) in [5.41, 5.74) is 7.32. The van der Waals surface area contributed by atoms with Gasteiger partial charge in [0.1, 0.15) is 5.82 Å². The van der Waals surface area contributed by atoms with Gasteiger partial charge in [0.05, 0.1) is 6.61 Å². The fraction of sp³-hybridized carbons (Fsp3) is 0.385. The van der Waals surface area contributed by atoms with Crippen molar-refractivity contribution in [1.29, 1.82) is 0 Å². The van der Waals surface area contributed by atoms with Crippen molar-refractivity contribution in [1.82, 2.24) is 10.1 Å². The third kappa shape index (κ3) is 3.36. The minimum atomic E-state index is -0.285. The fourth-order valence-corrected chi connectivity index (χ4v) is 1.82. The van der Waals surface area contributed by atoms with E-state index >= 15 is 0 Å². The smallest absolute Gasteiger partial charge is 0.228 e. The number of hydrogen-bond acceptors (Lipinski definition) is 5. The summed E-state index contributed by atoms with van der Waals surface area (Å²) in [6, 6.07) is 4.25. The summed E-state index contributed by atoms with van der Waals surface area (Å²) >= 11 is 0. The molecule has 1 heterocycles. The van der Waals surface area contributed by atoms with Gasteiger partial charge in [-0.3, -0.25) is 0 Å². The number of rotatable bonds is 5. The van der Waals surface area contributed by atoms with Gasteiger partial charge in [-0.1, -0.05) is 5.16 Å². The Balaban J connectivity index is 2.16. The van der Waals surface area contributed by atoms with Crippen LogP contribution >= 0.6 is 0 Å². The van der Waals surface area contributed by atoms with E-state index in [0.29, 0.717) is 24.7 Å². The van der Waals surface area contributed by atoms with Crippen LogP contribution in [0.1, 0.15) is 11.5 Å². The van der Waals surface area contributed by atoms with Gasteiger partial charge >= 0.3 is 0 Å². The molecule has 0 aliphatic carbocycles. The van der Waals surface area contributed by atoms with Crippen LogP contribution in [0.15, 0.2) is 22.7 Å². The molecule has 1 aromatic carbocycles. The maximum Gasteiger partial charge on any atom is 0.228 e. The van der Waals surface area contributed by atoms with Crippen LogP contribution in [0.3, 0.4) is 0 Å². The van der Waals surface area contributed by atoms with Crippen LogP contribution < -0.4 is 5.73 Å². The highest BCUT2D eigenvalue weighted by Gasteiger charge is 2.14. The lowest BCUT2D eigenvalue weighted by molar-refractivity contribution is 0.176. The number of nitrogens with two attached hydrogens (primary N) is 1. The van der Waals surface area contributed by atoms with Crippen LogP contribution in [0.2, 0.25) is 0 Å². The second-order valence-corrected chi connectivity index (χ2v) is 4.39. The van der Waals surface area contributed by atoms with Gasteiger partial charge in [-0.25, -0.2) is 4.39 Å². The summed E-state index contributed by atoms with van der Waals surface area (Å²) in [6.45, 7) is 2.22. The van der Waals surface area contributed by atoms with Gasteiger partial charge in [-0.2, -0.15) is 4.98 Å². The van der Waals surface area contributed by atoms with Crippen molar-refractivity contribution in [2.75, 3.05) is 13.7 Å². The molecule has 2 aromatic rings. The second kappa shape index (κ2) is 5.90. The Morgan fingerprint density at radius 3 is 2.95 bits per heavy atom. The van der Waals surface area contributed by atoms with E-state index in [1.807, 2.05) is 0 Å². The lowest BCUT2D eigenvalue weighted by Gasteiger charge is -2.05. The van der Waals surface area contributed by atoms with Crippen molar-refractivity contribution in [3.63, 3.8) is 0 Å². The Bertz CT molecular complexity index is 557. The van der Waals surface area contributed by atoms with E-state index in [4.69, 9.17) is 15.0 Å². The summed E-state index contributed by atoms with van der Waals surface area (Å²) in [6.07, 6.45) is 0.446. The first-order valence-electron chi connectivity index (χ1n) is 5.93. The summed E-state index contributed by atoms with van der Waals surface area (Å²) in [5.74, 6) is 0.604. The topological polar surface area (TPSA) is 74.2 Å². The van der Waals surface area contributed by atoms with Crippen molar-refractivity contribution in [3.8, 4) is 11.4 Å². The molecule has 0 radical (unpaired) electrons. The van der Waals surface area contributed by atoms with E-state index in [9.17, 15) is 4.39 Å². The van der Waals surface area contributed by atoms with Crippen molar-refractivity contribution in [2.24, 2.45) is 5.73 Å². The largest absolute Gasteiger partial charge is 0.383 e. The van der Waals surface area contributed by atoms with E-state index in [0.717, 1.165) is 11.1 Å². The molecule has 0 fully saturated rings. The Morgan fingerprint density at radius 2 is 2.26 bits per heavy atom. The number of hydrogen-bond donors (Lipinski definition) is 1. The van der Waals surface area contributed by atoms with E-state index in [-0.39, 0.29) is 11.9 Å². The molecule has 0 bridgehead atoms. The molecule has 0 spiro atoms. The molecular formula is C13H16FN3O2. The first-order chi connectivity index (χ1) is 9.10. The average Bonchev–Trinajstić information content (AvgIpc) is 2.77. The lowest BCUT2D eigenvalue weighted by Crippen LogP contribution is -2.28. The molecule has 0 saturated heterocycles. The van der Waals surface area contributed by atoms with Gasteiger partial charge in [-0.15, -0.1) is 0 Å². The van der Waals surface area contributed by atoms with Crippen molar-refractivity contribution < 1.29 is 13.7 Å². The van der Waals surface area contributed by atoms with Crippen LogP contribution in [0.25, 0.3) is 11.4 Å². The molecule has 1 atom stereocenters. The van der Waals surface area contributed by atoms with Crippen LogP contribution in [0, 0.1) is 12.7 Å². The molecule has 0 saturated carbocycles. The molecule has 0 aliphatic rings. The molecule has 19 heavy (non-hydrogen) atoms. The maximum absolute atomic E-state index is 13.0. The summed E-state index contributed by atoms with van der Waals surface area (Å²) < 4.78 is 23.1. The normalized spacial score (nSPS) is 12.6. The zero-order valence-electron chi connectivity index (χ0n) is 10.9. The first-order valence-corrected chi connectivity index (χ1v) is 5.93. The highest BCUT2D eigenvalue weighted by molar-refractivity contribution is 5.59. The van der Waals surface area contributed by atoms with Crippen molar-refractivity contribution in [3.05, 3.63) is 35.5 Å². The fourth-order valence-electron chi connectivity index (χ4n) is 1.82. The Labute approximate surface area is 110 Å². The van der Waals surface area contributed by atoms with Gasteiger partial charge in [0.15, 0.2) is 0 Å². The molecule has 0 amide bonds. The SMILES string of the molecule is COCC(N)Cc1nc(-c2ccc(F)cc2C)no1. The van der Waals surface area contributed by atoms with E-state index < -0.39 is 0 Å². The van der Waals surface area contributed by atoms with Crippen LogP contribution in [-0.4, -0.2) is 29.9 Å². The van der Waals surface area contributed by atoms with Crippen molar-refractivity contribution in [2.45, 2.75) is 19.4 Å². The monoisotopic (exact) mass is 265 g/mol. The number of methoxy groups -OCH3 is 1. The van der Waals surface area contributed by atoms with Gasteiger partial charge in [0.25, 0.3) is 0 Å². The third-order valence-electron chi connectivity index (χ3n) is 2.71. The number of halogens is 1. The lowest BCUT2D eigenvalue weighted by atomic mass is 10.1. The quantitative estimate of drug-likeness (QED) is 0.890. The molecule has 102 valence electrons. The standard InChI is InChI=1S/C13H16FN3O2/c1-8-5-9(14)3-4-11(8)13-16-12(19-17-13)6-10(15)7-18-2/h3-5,10H,6-7,15H2,1-2H3.